The summed E-state index contributed by atoms with van der Waals surface area (Å²) >= 11 is 0. The van der Waals surface area contributed by atoms with E-state index in [-0.39, 0.29) is 30.7 Å². The average Bonchev–Trinajstić information content (AvgIpc) is 2.67. The number of carbonyl (C=O) groups excluding carboxylic acids is 1. The number of aromatic nitrogens is 2. The van der Waals surface area contributed by atoms with Crippen molar-refractivity contribution in [1.29, 1.82) is 0 Å². The molecule has 1 aromatic carbocycles. The van der Waals surface area contributed by atoms with E-state index in [1.807, 2.05) is 48.3 Å². The van der Waals surface area contributed by atoms with Gasteiger partial charge in [0.2, 0.25) is 5.91 Å². The number of hydrogen-bond donors (Lipinski definition) is 1. The molecule has 1 aliphatic heterocycles. The smallest absolute Gasteiger partial charge is 0.223 e. The third kappa shape index (κ3) is 5.56. The number of benzene rings is 1. The van der Waals surface area contributed by atoms with Crippen LogP contribution in [-0.4, -0.2) is 60.5 Å². The van der Waals surface area contributed by atoms with Crippen molar-refractivity contribution in [3.63, 3.8) is 0 Å². The first-order valence-electron chi connectivity index (χ1n) is 8.34. The molecule has 1 saturated heterocycles. The summed E-state index contributed by atoms with van der Waals surface area (Å²) in [5.41, 5.74) is 1.01. The Balaban J connectivity index is 0.00000169. The van der Waals surface area contributed by atoms with Gasteiger partial charge in [-0.05, 0) is 13.1 Å². The highest BCUT2D eigenvalue weighted by atomic mass is 35.5. The second-order valence-corrected chi connectivity index (χ2v) is 5.83. The van der Waals surface area contributed by atoms with Crippen LogP contribution in [0.5, 0.6) is 0 Å². The summed E-state index contributed by atoms with van der Waals surface area (Å²) in [4.78, 5) is 25.3. The van der Waals surface area contributed by atoms with Crippen LogP contribution in [0.1, 0.15) is 6.42 Å². The van der Waals surface area contributed by atoms with Gasteiger partial charge in [0.05, 0.1) is 0 Å². The molecule has 0 radical (unpaired) electrons. The van der Waals surface area contributed by atoms with Crippen LogP contribution in [-0.2, 0) is 4.79 Å². The van der Waals surface area contributed by atoms with Crippen LogP contribution in [0.4, 0.5) is 5.82 Å². The fourth-order valence-electron chi connectivity index (χ4n) is 2.83. The highest BCUT2D eigenvalue weighted by Gasteiger charge is 2.21. The molecule has 0 saturated carbocycles. The molecule has 1 aromatic heterocycles. The van der Waals surface area contributed by atoms with Gasteiger partial charge in [0, 0.05) is 50.9 Å². The molecule has 0 bridgehead atoms. The van der Waals surface area contributed by atoms with Crippen molar-refractivity contribution in [3.05, 3.63) is 42.6 Å². The van der Waals surface area contributed by atoms with Gasteiger partial charge in [0.25, 0.3) is 0 Å². The van der Waals surface area contributed by atoms with Crippen LogP contribution in [0.25, 0.3) is 11.4 Å². The molecule has 8 heteroatoms. The highest BCUT2D eigenvalue weighted by Crippen LogP contribution is 2.19. The van der Waals surface area contributed by atoms with Crippen molar-refractivity contribution in [3.8, 4) is 11.4 Å². The van der Waals surface area contributed by atoms with Gasteiger partial charge in [-0.15, -0.1) is 24.8 Å². The lowest BCUT2D eigenvalue weighted by Crippen LogP contribution is -2.49. The molecule has 1 amide bonds. The number of rotatable bonds is 5. The van der Waals surface area contributed by atoms with Crippen molar-refractivity contribution in [2.75, 3.05) is 44.7 Å². The van der Waals surface area contributed by atoms with E-state index in [0.717, 1.165) is 49.9 Å². The van der Waals surface area contributed by atoms with Crippen molar-refractivity contribution >= 4 is 36.5 Å². The Morgan fingerprint density at radius 3 is 2.42 bits per heavy atom. The van der Waals surface area contributed by atoms with Gasteiger partial charge in [0.15, 0.2) is 5.82 Å². The lowest BCUT2D eigenvalue weighted by Gasteiger charge is -2.35. The average molecular weight is 398 g/mol. The van der Waals surface area contributed by atoms with Crippen LogP contribution >= 0.6 is 24.8 Å². The maximum atomic E-state index is 12.1. The van der Waals surface area contributed by atoms with Gasteiger partial charge in [0.1, 0.15) is 5.82 Å². The number of anilines is 1. The fraction of sp³-hybridized carbons (Fsp3) is 0.389. The number of halogens is 2. The van der Waals surface area contributed by atoms with Gasteiger partial charge >= 0.3 is 0 Å². The maximum Gasteiger partial charge on any atom is 0.223 e. The Bertz CT molecular complexity index is 678. The van der Waals surface area contributed by atoms with Crippen molar-refractivity contribution < 1.29 is 4.79 Å². The van der Waals surface area contributed by atoms with Crippen LogP contribution in [0.15, 0.2) is 42.6 Å². The van der Waals surface area contributed by atoms with Gasteiger partial charge < -0.3 is 15.1 Å². The highest BCUT2D eigenvalue weighted by molar-refractivity contribution is 5.85. The molecule has 6 nitrogen and oxygen atoms in total. The van der Waals surface area contributed by atoms with E-state index in [1.165, 1.54) is 0 Å². The van der Waals surface area contributed by atoms with E-state index in [1.54, 1.807) is 6.20 Å². The van der Waals surface area contributed by atoms with Crippen LogP contribution < -0.4 is 10.2 Å². The minimum Gasteiger partial charge on any atom is -0.353 e. The van der Waals surface area contributed by atoms with Crippen LogP contribution in [0.3, 0.4) is 0 Å². The van der Waals surface area contributed by atoms with Crippen molar-refractivity contribution in [1.82, 2.24) is 20.2 Å². The minimum atomic E-state index is 0. The molecule has 142 valence electrons. The number of nitrogens with one attached hydrogen (secondary N) is 1. The molecule has 1 fully saturated rings. The number of amides is 1. The molecule has 0 unspecified atom stereocenters. The summed E-state index contributed by atoms with van der Waals surface area (Å²) in [7, 11) is 1.87. The Labute approximate surface area is 166 Å². The van der Waals surface area contributed by atoms with Crippen LogP contribution in [0.2, 0.25) is 0 Å². The molecule has 2 aromatic rings. The molecular formula is C18H25Cl2N5O. The third-order valence-corrected chi connectivity index (χ3v) is 4.22. The molecule has 1 aliphatic rings. The first-order chi connectivity index (χ1) is 11.8. The first kappa shape index (κ1) is 22.2. The topological polar surface area (TPSA) is 61.4 Å². The number of hydrogen-bond acceptors (Lipinski definition) is 5. The number of nitrogens with zero attached hydrogens (tertiary/aromatic N) is 4. The number of carbonyl (C=O) groups is 1. The summed E-state index contributed by atoms with van der Waals surface area (Å²) < 4.78 is 0. The normalized spacial score (nSPS) is 13.6. The molecule has 2 heterocycles. The summed E-state index contributed by atoms with van der Waals surface area (Å²) in [5, 5.41) is 3.02. The maximum absolute atomic E-state index is 12.1. The molecule has 26 heavy (non-hydrogen) atoms. The van der Waals surface area contributed by atoms with E-state index < -0.39 is 0 Å². The van der Waals surface area contributed by atoms with E-state index in [2.05, 4.69) is 20.2 Å². The third-order valence-electron chi connectivity index (χ3n) is 4.22. The minimum absolute atomic E-state index is 0. The lowest BCUT2D eigenvalue weighted by molar-refractivity contribution is -0.131. The summed E-state index contributed by atoms with van der Waals surface area (Å²) in [5.74, 6) is 1.88. The summed E-state index contributed by atoms with van der Waals surface area (Å²) in [6.45, 7) is 3.82. The van der Waals surface area contributed by atoms with E-state index in [0.29, 0.717) is 6.42 Å². The summed E-state index contributed by atoms with van der Waals surface area (Å²) in [6, 6.07) is 11.9. The Kier molecular flexibility index (Phi) is 9.34. The van der Waals surface area contributed by atoms with Crippen molar-refractivity contribution in [2.45, 2.75) is 6.42 Å². The fourth-order valence-corrected chi connectivity index (χ4v) is 2.83. The lowest BCUT2D eigenvalue weighted by atomic mass is 10.2. The Morgan fingerprint density at radius 1 is 1.08 bits per heavy atom. The van der Waals surface area contributed by atoms with E-state index >= 15 is 0 Å². The second-order valence-electron chi connectivity index (χ2n) is 5.83. The molecule has 0 spiro atoms. The second kappa shape index (κ2) is 11.0. The zero-order valence-electron chi connectivity index (χ0n) is 14.8. The van der Waals surface area contributed by atoms with Crippen LogP contribution in [0, 0.1) is 0 Å². The van der Waals surface area contributed by atoms with Gasteiger partial charge in [-0.3, -0.25) is 4.79 Å². The van der Waals surface area contributed by atoms with E-state index in [4.69, 9.17) is 0 Å². The molecule has 0 aliphatic carbocycles. The Hall–Kier alpha value is -1.89. The quantitative estimate of drug-likeness (QED) is 0.837. The van der Waals surface area contributed by atoms with Gasteiger partial charge in [-0.1, -0.05) is 30.3 Å². The zero-order chi connectivity index (χ0) is 16.8. The monoisotopic (exact) mass is 397 g/mol. The molecular weight excluding hydrogens is 373 g/mol. The number of piperazine rings is 1. The standard InChI is InChI=1S/C18H23N5O.2ClH/c1-19-9-8-17(24)23-13-11-22(12-14-23)16-7-10-20-18(21-16)15-5-3-2-4-6-15;;/h2-7,10,19H,8-9,11-14H2,1H3;2*1H. The first-order valence-corrected chi connectivity index (χ1v) is 8.34. The SMILES string of the molecule is CNCCC(=O)N1CCN(c2ccnc(-c3ccccc3)n2)CC1.Cl.Cl. The van der Waals surface area contributed by atoms with Crippen molar-refractivity contribution in [2.24, 2.45) is 0 Å². The predicted octanol–water partition coefficient (Wildman–Crippen LogP) is 2.25. The predicted molar refractivity (Wildman–Crippen MR) is 109 cm³/mol. The van der Waals surface area contributed by atoms with Gasteiger partial charge in [-0.2, -0.15) is 0 Å². The van der Waals surface area contributed by atoms with Gasteiger partial charge in [-0.25, -0.2) is 9.97 Å². The summed E-state index contributed by atoms with van der Waals surface area (Å²) in [6.07, 6.45) is 2.36. The zero-order valence-corrected chi connectivity index (χ0v) is 16.4. The molecule has 1 N–H and O–H groups in total. The molecule has 3 rings (SSSR count). The Morgan fingerprint density at radius 2 is 1.77 bits per heavy atom. The molecule has 0 atom stereocenters. The largest absolute Gasteiger partial charge is 0.353 e. The van der Waals surface area contributed by atoms with E-state index in [9.17, 15) is 4.79 Å².